The zero-order valence-electron chi connectivity index (χ0n) is 10.1. The molecule has 0 aliphatic carbocycles. The van der Waals surface area contributed by atoms with Gasteiger partial charge in [-0.2, -0.15) is 0 Å². The van der Waals surface area contributed by atoms with E-state index in [2.05, 4.69) is 20.7 Å². The van der Waals surface area contributed by atoms with Crippen LogP contribution in [0.2, 0.25) is 0 Å². The van der Waals surface area contributed by atoms with Crippen molar-refractivity contribution in [3.63, 3.8) is 0 Å². The molecule has 1 unspecified atom stereocenters. The van der Waals surface area contributed by atoms with Gasteiger partial charge in [0, 0.05) is 22.7 Å². The Morgan fingerprint density at radius 3 is 2.78 bits per heavy atom. The highest BCUT2D eigenvalue weighted by molar-refractivity contribution is 9.10. The Morgan fingerprint density at radius 1 is 1.56 bits per heavy atom. The van der Waals surface area contributed by atoms with E-state index in [0.29, 0.717) is 4.47 Å². The van der Waals surface area contributed by atoms with Gasteiger partial charge in [0.05, 0.1) is 13.2 Å². The molecule has 0 heterocycles. The molecule has 0 radical (unpaired) electrons. The average Bonchev–Trinajstić information content (AvgIpc) is 2.33. The fraction of sp³-hybridized carbons (Fsp3) is 0.417. The van der Waals surface area contributed by atoms with Gasteiger partial charge in [-0.25, -0.2) is 9.18 Å². The molecule has 0 amide bonds. The van der Waals surface area contributed by atoms with Crippen molar-refractivity contribution in [1.29, 1.82) is 0 Å². The first-order valence-electron chi connectivity index (χ1n) is 5.32. The molecule has 0 saturated carbocycles. The van der Waals surface area contributed by atoms with Crippen LogP contribution in [0.15, 0.2) is 16.6 Å². The fourth-order valence-corrected chi connectivity index (χ4v) is 2.00. The quantitative estimate of drug-likeness (QED) is 0.846. The molecule has 0 aromatic heterocycles. The van der Waals surface area contributed by atoms with E-state index in [9.17, 15) is 14.3 Å². The minimum absolute atomic E-state index is 0.0494. The Bertz CT molecular complexity index is 436. The number of rotatable bonds is 5. The summed E-state index contributed by atoms with van der Waals surface area (Å²) >= 11 is 3.19. The van der Waals surface area contributed by atoms with Crippen molar-refractivity contribution in [2.45, 2.75) is 19.6 Å². The van der Waals surface area contributed by atoms with E-state index >= 15 is 0 Å². The minimum atomic E-state index is -1.64. The summed E-state index contributed by atoms with van der Waals surface area (Å²) in [6, 6.07) is 2.87. The first-order valence-corrected chi connectivity index (χ1v) is 6.12. The summed E-state index contributed by atoms with van der Waals surface area (Å²) in [5, 5.41) is 9.74. The Labute approximate surface area is 113 Å². The summed E-state index contributed by atoms with van der Waals surface area (Å²) in [6.45, 7) is 1.78. The summed E-state index contributed by atoms with van der Waals surface area (Å²) in [5.41, 5.74) is 0.125. The van der Waals surface area contributed by atoms with Gasteiger partial charge in [0.15, 0.2) is 6.10 Å². The molecule has 0 fully saturated rings. The van der Waals surface area contributed by atoms with Gasteiger partial charge in [0.2, 0.25) is 0 Å². The first-order chi connectivity index (χ1) is 8.51. The topological polar surface area (TPSA) is 55.8 Å². The molecular weight excluding hydrogens is 307 g/mol. The van der Waals surface area contributed by atoms with Gasteiger partial charge in [-0.3, -0.25) is 0 Å². The number of ether oxygens (including phenoxy) is 2. The van der Waals surface area contributed by atoms with Gasteiger partial charge in [-0.05, 0) is 19.1 Å². The van der Waals surface area contributed by atoms with Gasteiger partial charge < -0.3 is 14.6 Å². The molecule has 4 nitrogen and oxygen atoms in total. The van der Waals surface area contributed by atoms with Crippen molar-refractivity contribution < 1.29 is 23.8 Å². The fourth-order valence-electron chi connectivity index (χ4n) is 1.48. The predicted octanol–water partition coefficient (Wildman–Crippen LogP) is 2.33. The van der Waals surface area contributed by atoms with Crippen molar-refractivity contribution in [2.24, 2.45) is 0 Å². The number of esters is 1. The monoisotopic (exact) mass is 320 g/mol. The van der Waals surface area contributed by atoms with Gasteiger partial charge in [-0.15, -0.1) is 0 Å². The lowest BCUT2D eigenvalue weighted by atomic mass is 10.1. The largest absolute Gasteiger partial charge is 0.464 e. The molecule has 0 saturated heterocycles. The van der Waals surface area contributed by atoms with Crippen LogP contribution in [0, 0.1) is 5.82 Å². The zero-order valence-corrected chi connectivity index (χ0v) is 11.7. The zero-order chi connectivity index (χ0) is 13.7. The molecule has 6 heteroatoms. The molecule has 0 aliphatic rings. The second-order valence-electron chi connectivity index (χ2n) is 3.56. The summed E-state index contributed by atoms with van der Waals surface area (Å²) in [6.07, 6.45) is -1.64. The second-order valence-corrected chi connectivity index (χ2v) is 4.47. The molecule has 1 aromatic carbocycles. The highest BCUT2D eigenvalue weighted by Crippen LogP contribution is 2.26. The van der Waals surface area contributed by atoms with Crippen LogP contribution in [0.4, 0.5) is 4.39 Å². The number of halogens is 2. The van der Waals surface area contributed by atoms with Crippen molar-refractivity contribution in [1.82, 2.24) is 0 Å². The lowest BCUT2D eigenvalue weighted by Crippen LogP contribution is -2.17. The van der Waals surface area contributed by atoms with Crippen molar-refractivity contribution in [2.75, 3.05) is 13.7 Å². The Kier molecular flexibility index (Phi) is 5.71. The van der Waals surface area contributed by atoms with Gasteiger partial charge >= 0.3 is 5.97 Å². The lowest BCUT2D eigenvalue weighted by molar-refractivity contribution is -0.153. The second kappa shape index (κ2) is 6.82. The minimum Gasteiger partial charge on any atom is -0.464 e. The van der Waals surface area contributed by atoms with Gasteiger partial charge in [0.25, 0.3) is 0 Å². The summed E-state index contributed by atoms with van der Waals surface area (Å²) in [4.78, 5) is 11.4. The molecule has 0 aliphatic heterocycles. The van der Waals surface area contributed by atoms with E-state index in [1.54, 1.807) is 6.92 Å². The van der Waals surface area contributed by atoms with Crippen LogP contribution in [0.25, 0.3) is 0 Å². The standard InChI is InChI=1S/C12H14BrFO4/c1-3-18-12(16)11(15)9-5-8(13)4-7(6-17-2)10(9)14/h4-5,11,15H,3,6H2,1-2H3. The van der Waals surface area contributed by atoms with Crippen LogP contribution in [0.5, 0.6) is 0 Å². The van der Waals surface area contributed by atoms with Crippen molar-refractivity contribution in [3.05, 3.63) is 33.5 Å². The number of aliphatic hydroxyl groups is 1. The van der Waals surface area contributed by atoms with Gasteiger partial charge in [-0.1, -0.05) is 15.9 Å². The van der Waals surface area contributed by atoms with E-state index in [1.807, 2.05) is 0 Å². The maximum absolute atomic E-state index is 14.0. The number of hydrogen-bond acceptors (Lipinski definition) is 4. The maximum atomic E-state index is 14.0. The van der Waals surface area contributed by atoms with Crippen molar-refractivity contribution in [3.8, 4) is 0 Å². The van der Waals surface area contributed by atoms with Crippen LogP contribution >= 0.6 is 15.9 Å². The molecular formula is C12H14BrFO4. The van der Waals surface area contributed by atoms with Crippen LogP contribution in [0.3, 0.4) is 0 Å². The summed E-state index contributed by atoms with van der Waals surface area (Å²) in [5.74, 6) is -1.54. The van der Waals surface area contributed by atoms with E-state index in [1.165, 1.54) is 19.2 Å². The molecule has 1 aromatic rings. The molecule has 1 N–H and O–H groups in total. The smallest absolute Gasteiger partial charge is 0.339 e. The van der Waals surface area contributed by atoms with Crippen LogP contribution in [-0.2, 0) is 20.9 Å². The molecule has 1 rings (SSSR count). The normalized spacial score (nSPS) is 12.3. The third kappa shape index (κ3) is 3.51. The Balaban J connectivity index is 3.11. The van der Waals surface area contributed by atoms with Crippen LogP contribution < -0.4 is 0 Å². The number of aliphatic hydroxyl groups excluding tert-OH is 1. The van der Waals surface area contributed by atoms with E-state index in [4.69, 9.17) is 4.74 Å². The van der Waals surface area contributed by atoms with E-state index in [0.717, 1.165) is 0 Å². The van der Waals surface area contributed by atoms with E-state index in [-0.39, 0.29) is 24.3 Å². The highest BCUT2D eigenvalue weighted by Gasteiger charge is 2.24. The Hall–Kier alpha value is -0.980. The molecule has 1 atom stereocenters. The molecule has 0 spiro atoms. The third-order valence-electron chi connectivity index (χ3n) is 2.25. The molecule has 100 valence electrons. The molecule has 18 heavy (non-hydrogen) atoms. The van der Waals surface area contributed by atoms with Crippen LogP contribution in [-0.4, -0.2) is 24.8 Å². The maximum Gasteiger partial charge on any atom is 0.339 e. The highest BCUT2D eigenvalue weighted by atomic mass is 79.9. The Morgan fingerprint density at radius 2 is 2.22 bits per heavy atom. The van der Waals surface area contributed by atoms with Crippen molar-refractivity contribution >= 4 is 21.9 Å². The molecule has 0 bridgehead atoms. The number of hydrogen-bond donors (Lipinski definition) is 1. The SMILES string of the molecule is CCOC(=O)C(O)c1cc(Br)cc(COC)c1F. The van der Waals surface area contributed by atoms with Gasteiger partial charge in [0.1, 0.15) is 5.82 Å². The number of carbonyl (C=O) groups is 1. The third-order valence-corrected chi connectivity index (χ3v) is 2.70. The number of methoxy groups -OCH3 is 1. The van der Waals surface area contributed by atoms with E-state index < -0.39 is 17.9 Å². The summed E-state index contributed by atoms with van der Waals surface area (Å²) < 4.78 is 24.1. The predicted molar refractivity (Wildman–Crippen MR) is 66.4 cm³/mol. The first kappa shape index (κ1) is 15.1. The average molecular weight is 321 g/mol. The lowest BCUT2D eigenvalue weighted by Gasteiger charge is -2.13. The van der Waals surface area contributed by atoms with Crippen LogP contribution in [0.1, 0.15) is 24.2 Å². The number of carbonyl (C=O) groups excluding carboxylic acids is 1. The number of benzene rings is 1. The summed E-state index contributed by atoms with van der Waals surface area (Å²) in [7, 11) is 1.43.